The molecule has 5 nitrogen and oxygen atoms in total. The molecule has 0 saturated heterocycles. The van der Waals surface area contributed by atoms with Crippen LogP contribution in [-0.4, -0.2) is 20.9 Å². The van der Waals surface area contributed by atoms with Crippen LogP contribution in [0.2, 0.25) is 5.02 Å². The molecule has 0 saturated carbocycles. The van der Waals surface area contributed by atoms with Gasteiger partial charge in [-0.05, 0) is 42.5 Å². The Kier molecular flexibility index (Phi) is 6.82. The number of carbonyl (C=O) groups excluding carboxylic acids is 1. The van der Waals surface area contributed by atoms with Crippen LogP contribution in [0.15, 0.2) is 56.3 Å². The SMILES string of the molecule is O=C(CCNS(=O)(=O)c1ccc(Br)cc1)Nc1ccc(Br)cc1Cl. The van der Waals surface area contributed by atoms with Gasteiger partial charge in [0.25, 0.3) is 0 Å². The lowest BCUT2D eigenvalue weighted by atomic mass is 10.3. The average Bonchev–Trinajstić information content (AvgIpc) is 2.50. The molecule has 0 aliphatic heterocycles. The zero-order valence-corrected chi connectivity index (χ0v) is 17.0. The van der Waals surface area contributed by atoms with E-state index in [4.69, 9.17) is 11.6 Å². The Bertz CT molecular complexity index is 842. The van der Waals surface area contributed by atoms with Gasteiger partial charge in [0.05, 0.1) is 15.6 Å². The molecule has 0 aliphatic rings. The van der Waals surface area contributed by atoms with Crippen molar-refractivity contribution in [1.82, 2.24) is 4.72 Å². The fourth-order valence-corrected chi connectivity index (χ4v) is 3.82. The minimum absolute atomic E-state index is 0.0118. The van der Waals surface area contributed by atoms with Crippen molar-refractivity contribution in [1.29, 1.82) is 0 Å². The van der Waals surface area contributed by atoms with Crippen LogP contribution in [0.25, 0.3) is 0 Å². The van der Waals surface area contributed by atoms with Crippen molar-refractivity contribution in [2.75, 3.05) is 11.9 Å². The summed E-state index contributed by atoms with van der Waals surface area (Å²) in [5, 5.41) is 3.03. The maximum atomic E-state index is 12.1. The predicted octanol–water partition coefficient (Wildman–Crippen LogP) is 4.17. The Morgan fingerprint density at radius 3 is 2.29 bits per heavy atom. The first-order valence-electron chi connectivity index (χ1n) is 6.78. The number of nitrogens with one attached hydrogen (secondary N) is 2. The van der Waals surface area contributed by atoms with E-state index in [1.54, 1.807) is 30.3 Å². The summed E-state index contributed by atoms with van der Waals surface area (Å²) in [7, 11) is -3.64. The molecule has 128 valence electrons. The van der Waals surface area contributed by atoms with Gasteiger partial charge in [-0.3, -0.25) is 4.79 Å². The molecule has 0 radical (unpaired) electrons. The molecule has 0 fully saturated rings. The highest BCUT2D eigenvalue weighted by molar-refractivity contribution is 9.10. The van der Waals surface area contributed by atoms with Gasteiger partial charge in [-0.2, -0.15) is 0 Å². The molecule has 0 aromatic heterocycles. The first kappa shape index (κ1) is 19.4. The van der Waals surface area contributed by atoms with Crippen LogP contribution >= 0.6 is 43.5 Å². The van der Waals surface area contributed by atoms with Crippen molar-refractivity contribution in [2.24, 2.45) is 0 Å². The van der Waals surface area contributed by atoms with E-state index in [9.17, 15) is 13.2 Å². The van der Waals surface area contributed by atoms with Gasteiger partial charge in [0.2, 0.25) is 15.9 Å². The maximum Gasteiger partial charge on any atom is 0.240 e. The number of hydrogen-bond donors (Lipinski definition) is 2. The molecule has 24 heavy (non-hydrogen) atoms. The lowest BCUT2D eigenvalue weighted by molar-refractivity contribution is -0.116. The first-order chi connectivity index (χ1) is 11.3. The third kappa shape index (κ3) is 5.56. The van der Waals surface area contributed by atoms with Gasteiger partial charge in [0, 0.05) is 21.9 Å². The molecule has 0 aliphatic carbocycles. The summed E-state index contributed by atoms with van der Waals surface area (Å²) >= 11 is 12.5. The van der Waals surface area contributed by atoms with Crippen LogP contribution < -0.4 is 10.0 Å². The smallest absolute Gasteiger partial charge is 0.240 e. The highest BCUT2D eigenvalue weighted by Crippen LogP contribution is 2.25. The molecule has 2 aromatic rings. The van der Waals surface area contributed by atoms with Crippen LogP contribution in [0, 0.1) is 0 Å². The quantitative estimate of drug-likeness (QED) is 0.630. The van der Waals surface area contributed by atoms with Crippen molar-refractivity contribution in [3.8, 4) is 0 Å². The number of hydrogen-bond acceptors (Lipinski definition) is 3. The van der Waals surface area contributed by atoms with Crippen LogP contribution in [-0.2, 0) is 14.8 Å². The molecule has 0 bridgehead atoms. The van der Waals surface area contributed by atoms with Crippen LogP contribution in [0.4, 0.5) is 5.69 Å². The minimum atomic E-state index is -3.64. The second kappa shape index (κ2) is 8.44. The summed E-state index contributed by atoms with van der Waals surface area (Å²) in [5.41, 5.74) is 0.473. The number of halogens is 3. The summed E-state index contributed by atoms with van der Waals surface area (Å²) in [5.74, 6) is -0.335. The molecular weight excluding hydrogens is 484 g/mol. The van der Waals surface area contributed by atoms with E-state index in [0.29, 0.717) is 10.7 Å². The third-order valence-corrected chi connectivity index (χ3v) is 5.78. The second-order valence-corrected chi connectivity index (χ2v) is 8.78. The normalized spacial score (nSPS) is 11.3. The van der Waals surface area contributed by atoms with Crippen LogP contribution in [0.5, 0.6) is 0 Å². The van der Waals surface area contributed by atoms with Gasteiger partial charge >= 0.3 is 0 Å². The Hall–Kier alpha value is -0.930. The van der Waals surface area contributed by atoms with E-state index in [1.807, 2.05) is 0 Å². The Balaban J connectivity index is 1.89. The highest BCUT2D eigenvalue weighted by Gasteiger charge is 2.14. The zero-order chi connectivity index (χ0) is 17.7. The maximum absolute atomic E-state index is 12.1. The van der Waals surface area contributed by atoms with E-state index in [-0.39, 0.29) is 23.8 Å². The molecule has 2 rings (SSSR count). The van der Waals surface area contributed by atoms with Crippen molar-refractivity contribution in [3.05, 3.63) is 56.4 Å². The molecule has 0 unspecified atom stereocenters. The fourth-order valence-electron chi connectivity index (χ4n) is 1.80. The average molecular weight is 497 g/mol. The highest BCUT2D eigenvalue weighted by atomic mass is 79.9. The summed E-state index contributed by atoms with van der Waals surface area (Å²) < 4.78 is 28.2. The summed E-state index contributed by atoms with van der Waals surface area (Å²) in [6, 6.07) is 11.3. The van der Waals surface area contributed by atoms with Gasteiger partial charge in [0.1, 0.15) is 0 Å². The topological polar surface area (TPSA) is 75.3 Å². The number of carbonyl (C=O) groups is 1. The lowest BCUT2D eigenvalue weighted by Crippen LogP contribution is -2.27. The van der Waals surface area contributed by atoms with Crippen LogP contribution in [0.1, 0.15) is 6.42 Å². The number of sulfonamides is 1. The molecular formula is C15H13Br2ClN2O3S. The van der Waals surface area contributed by atoms with Crippen molar-refractivity contribution < 1.29 is 13.2 Å². The van der Waals surface area contributed by atoms with Gasteiger partial charge in [-0.15, -0.1) is 0 Å². The molecule has 2 N–H and O–H groups in total. The zero-order valence-electron chi connectivity index (χ0n) is 12.2. The van der Waals surface area contributed by atoms with Crippen LogP contribution in [0.3, 0.4) is 0 Å². The van der Waals surface area contributed by atoms with Gasteiger partial charge in [0.15, 0.2) is 0 Å². The van der Waals surface area contributed by atoms with E-state index < -0.39 is 10.0 Å². The van der Waals surface area contributed by atoms with Gasteiger partial charge in [-0.25, -0.2) is 13.1 Å². The molecule has 0 spiro atoms. The lowest BCUT2D eigenvalue weighted by Gasteiger charge is -2.09. The Labute approximate surface area is 162 Å². The fraction of sp³-hybridized carbons (Fsp3) is 0.133. The number of amides is 1. The third-order valence-electron chi connectivity index (χ3n) is 2.97. The van der Waals surface area contributed by atoms with E-state index >= 15 is 0 Å². The largest absolute Gasteiger partial charge is 0.325 e. The van der Waals surface area contributed by atoms with Gasteiger partial charge < -0.3 is 5.32 Å². The monoisotopic (exact) mass is 494 g/mol. The molecule has 1 amide bonds. The number of benzene rings is 2. The molecule has 2 aromatic carbocycles. The Morgan fingerprint density at radius 1 is 1.04 bits per heavy atom. The number of anilines is 1. The molecule has 9 heteroatoms. The van der Waals surface area contributed by atoms with E-state index in [0.717, 1.165) is 8.95 Å². The van der Waals surface area contributed by atoms with E-state index in [1.165, 1.54) is 12.1 Å². The standard InChI is InChI=1S/C15H13Br2ClN2O3S/c16-10-1-4-12(5-2-10)24(22,23)19-8-7-15(21)20-14-6-3-11(17)9-13(14)18/h1-6,9,19H,7-8H2,(H,20,21). The van der Waals surface area contributed by atoms with Gasteiger partial charge in [-0.1, -0.05) is 43.5 Å². The second-order valence-electron chi connectivity index (χ2n) is 4.77. The van der Waals surface area contributed by atoms with Crippen molar-refractivity contribution in [2.45, 2.75) is 11.3 Å². The summed E-state index contributed by atoms with van der Waals surface area (Å²) in [6.45, 7) is -0.0155. The molecule has 0 atom stereocenters. The van der Waals surface area contributed by atoms with Crippen molar-refractivity contribution in [3.63, 3.8) is 0 Å². The number of rotatable bonds is 6. The minimum Gasteiger partial charge on any atom is -0.325 e. The van der Waals surface area contributed by atoms with Crippen molar-refractivity contribution >= 4 is 65.1 Å². The predicted molar refractivity (Wildman–Crippen MR) is 102 cm³/mol. The summed E-state index contributed by atoms with van der Waals surface area (Å²) in [4.78, 5) is 12.0. The van der Waals surface area contributed by atoms with E-state index in [2.05, 4.69) is 41.9 Å². The first-order valence-corrected chi connectivity index (χ1v) is 10.2. The Morgan fingerprint density at radius 2 is 1.67 bits per heavy atom. The summed E-state index contributed by atoms with van der Waals surface area (Å²) in [6.07, 6.45) is -0.0118. The molecule has 0 heterocycles.